The van der Waals surface area contributed by atoms with Gasteiger partial charge in [-0.15, -0.1) is 22.7 Å². The number of aromatic nitrogens is 1. The first-order valence-electron chi connectivity index (χ1n) is 4.93. The molecule has 0 aliphatic heterocycles. The molecule has 0 amide bonds. The maximum Gasteiger partial charge on any atom is 0.208 e. The highest BCUT2D eigenvalue weighted by atomic mass is 32.1. The molecule has 0 saturated heterocycles. The van der Waals surface area contributed by atoms with Gasteiger partial charge in [0.1, 0.15) is 0 Å². The van der Waals surface area contributed by atoms with E-state index in [9.17, 15) is 0 Å². The van der Waals surface area contributed by atoms with E-state index in [1.54, 1.807) is 28.9 Å². The molecule has 3 heterocycles. The number of thiophene rings is 2. The third-order valence-electron chi connectivity index (χ3n) is 2.26. The maximum absolute atomic E-state index is 5.65. The first-order valence-corrected chi connectivity index (χ1v) is 6.63. The van der Waals surface area contributed by atoms with Crippen LogP contribution in [0.4, 0.5) is 0 Å². The summed E-state index contributed by atoms with van der Waals surface area (Å²) in [6.07, 6.45) is 1.79. The number of rotatable bonds is 3. The third kappa shape index (κ3) is 1.67. The van der Waals surface area contributed by atoms with Gasteiger partial charge >= 0.3 is 0 Å². The molecule has 0 aliphatic carbocycles. The Labute approximate surface area is 101 Å². The molecular formula is C11H10N2OS2. The molecule has 3 nitrogen and oxygen atoms in total. The van der Waals surface area contributed by atoms with Gasteiger partial charge < -0.3 is 9.73 Å². The Morgan fingerprint density at radius 1 is 1.44 bits per heavy atom. The second kappa shape index (κ2) is 4.01. The van der Waals surface area contributed by atoms with Crippen LogP contribution in [0.3, 0.4) is 0 Å². The second-order valence-electron chi connectivity index (χ2n) is 3.41. The van der Waals surface area contributed by atoms with E-state index in [0.29, 0.717) is 6.54 Å². The quantitative estimate of drug-likeness (QED) is 0.774. The number of hydrogen-bond acceptors (Lipinski definition) is 5. The van der Waals surface area contributed by atoms with Gasteiger partial charge in [0.25, 0.3) is 0 Å². The Bertz CT molecular complexity index is 580. The molecule has 82 valence electrons. The first kappa shape index (κ1) is 10.0. The number of nitrogens with zero attached hydrogens (tertiary/aromatic N) is 1. The zero-order valence-electron chi connectivity index (χ0n) is 8.69. The highest BCUT2D eigenvalue weighted by Gasteiger charge is 2.09. The highest BCUT2D eigenvalue weighted by molar-refractivity contribution is 7.28. The Hall–Kier alpha value is -1.17. The van der Waals surface area contributed by atoms with E-state index in [2.05, 4.69) is 27.8 Å². The van der Waals surface area contributed by atoms with E-state index >= 15 is 0 Å². The third-order valence-corrected chi connectivity index (χ3v) is 4.37. The minimum atomic E-state index is 0.666. The van der Waals surface area contributed by atoms with Crippen molar-refractivity contribution in [3.8, 4) is 10.6 Å². The molecule has 0 atom stereocenters. The molecule has 3 aromatic heterocycles. The Morgan fingerprint density at radius 3 is 3.19 bits per heavy atom. The highest BCUT2D eigenvalue weighted by Crippen LogP contribution is 2.36. The molecule has 0 saturated carbocycles. The van der Waals surface area contributed by atoms with E-state index in [-0.39, 0.29) is 0 Å². The lowest BCUT2D eigenvalue weighted by atomic mass is 10.4. The summed E-state index contributed by atoms with van der Waals surface area (Å²) in [6, 6.07) is 4.30. The lowest BCUT2D eigenvalue weighted by Crippen LogP contribution is -2.04. The van der Waals surface area contributed by atoms with Gasteiger partial charge in [0.2, 0.25) is 5.89 Å². The topological polar surface area (TPSA) is 38.1 Å². The van der Waals surface area contributed by atoms with Crippen LogP contribution in [0.1, 0.15) is 5.89 Å². The minimum Gasteiger partial charge on any atom is -0.438 e. The summed E-state index contributed by atoms with van der Waals surface area (Å²) in [4.78, 5) is 5.37. The molecule has 0 spiro atoms. The molecule has 3 rings (SSSR count). The molecule has 0 aliphatic rings. The van der Waals surface area contributed by atoms with Gasteiger partial charge in [0, 0.05) is 9.40 Å². The predicted molar refractivity (Wildman–Crippen MR) is 68.0 cm³/mol. The zero-order valence-corrected chi connectivity index (χ0v) is 10.3. The number of fused-ring (bicyclic) bond motifs is 1. The lowest BCUT2D eigenvalue weighted by molar-refractivity contribution is 0.492. The second-order valence-corrected chi connectivity index (χ2v) is 5.44. The van der Waals surface area contributed by atoms with Crippen molar-refractivity contribution in [2.45, 2.75) is 6.54 Å². The normalized spacial score (nSPS) is 11.3. The molecule has 5 heteroatoms. The summed E-state index contributed by atoms with van der Waals surface area (Å²) in [5, 5.41) is 5.13. The van der Waals surface area contributed by atoms with E-state index in [1.165, 1.54) is 9.40 Å². The SMILES string of the molecule is CNCc1ncc(-c2cc3sccc3s2)o1. The van der Waals surface area contributed by atoms with Crippen molar-refractivity contribution in [3.63, 3.8) is 0 Å². The van der Waals surface area contributed by atoms with Crippen LogP contribution in [0.2, 0.25) is 0 Å². The van der Waals surface area contributed by atoms with Crippen LogP contribution in [0.25, 0.3) is 20.0 Å². The molecule has 0 fully saturated rings. The van der Waals surface area contributed by atoms with Crippen LogP contribution in [0.15, 0.2) is 28.1 Å². The van der Waals surface area contributed by atoms with Gasteiger partial charge in [-0.3, -0.25) is 0 Å². The Morgan fingerprint density at radius 2 is 2.38 bits per heavy atom. The van der Waals surface area contributed by atoms with Gasteiger partial charge in [-0.05, 0) is 24.6 Å². The average Bonchev–Trinajstić information content (AvgIpc) is 2.88. The molecule has 0 unspecified atom stereocenters. The van der Waals surface area contributed by atoms with Crippen molar-refractivity contribution in [3.05, 3.63) is 29.6 Å². The minimum absolute atomic E-state index is 0.666. The van der Waals surface area contributed by atoms with Gasteiger partial charge in [-0.25, -0.2) is 4.98 Å². The molecule has 1 N–H and O–H groups in total. The van der Waals surface area contributed by atoms with Crippen LogP contribution in [0, 0.1) is 0 Å². The summed E-state index contributed by atoms with van der Waals surface area (Å²) in [5.74, 6) is 1.59. The standard InChI is InChI=1S/C11H10N2OS2/c1-12-6-11-13-5-7(14-11)9-4-10-8(16-9)2-3-15-10/h2-5,12H,6H2,1H3. The van der Waals surface area contributed by atoms with Crippen molar-refractivity contribution < 1.29 is 4.42 Å². The molecule has 0 aromatic carbocycles. The smallest absolute Gasteiger partial charge is 0.208 e. The van der Waals surface area contributed by atoms with Crippen LogP contribution in [0.5, 0.6) is 0 Å². The van der Waals surface area contributed by atoms with E-state index < -0.39 is 0 Å². The van der Waals surface area contributed by atoms with E-state index in [4.69, 9.17) is 4.42 Å². The molecule has 16 heavy (non-hydrogen) atoms. The van der Waals surface area contributed by atoms with Crippen LogP contribution in [-0.4, -0.2) is 12.0 Å². The predicted octanol–water partition coefficient (Wildman–Crippen LogP) is 3.34. The van der Waals surface area contributed by atoms with Gasteiger partial charge in [0.15, 0.2) is 5.76 Å². The van der Waals surface area contributed by atoms with Crippen molar-refractivity contribution in [1.29, 1.82) is 0 Å². The Balaban J connectivity index is 1.98. The molecule has 3 aromatic rings. The van der Waals surface area contributed by atoms with Crippen molar-refractivity contribution in [2.24, 2.45) is 0 Å². The zero-order chi connectivity index (χ0) is 11.0. The number of oxazole rings is 1. The van der Waals surface area contributed by atoms with E-state index in [1.807, 2.05) is 7.05 Å². The fourth-order valence-corrected chi connectivity index (χ4v) is 3.60. The summed E-state index contributed by atoms with van der Waals surface area (Å²) in [5.41, 5.74) is 0. The van der Waals surface area contributed by atoms with Gasteiger partial charge in [-0.1, -0.05) is 0 Å². The van der Waals surface area contributed by atoms with Crippen LogP contribution < -0.4 is 5.32 Å². The summed E-state index contributed by atoms with van der Waals surface area (Å²) >= 11 is 3.50. The largest absolute Gasteiger partial charge is 0.438 e. The van der Waals surface area contributed by atoms with Crippen molar-refractivity contribution in [1.82, 2.24) is 10.3 Å². The molecule has 0 bridgehead atoms. The summed E-state index contributed by atoms with van der Waals surface area (Å²) < 4.78 is 8.27. The fourth-order valence-electron chi connectivity index (χ4n) is 1.54. The summed E-state index contributed by atoms with van der Waals surface area (Å²) in [7, 11) is 1.88. The lowest BCUT2D eigenvalue weighted by Gasteiger charge is -1.91. The molecular weight excluding hydrogens is 240 g/mol. The van der Waals surface area contributed by atoms with Crippen LogP contribution >= 0.6 is 22.7 Å². The van der Waals surface area contributed by atoms with E-state index in [0.717, 1.165) is 16.5 Å². The number of hydrogen-bond donors (Lipinski definition) is 1. The molecule has 0 radical (unpaired) electrons. The van der Waals surface area contributed by atoms with Gasteiger partial charge in [0.05, 0.1) is 17.6 Å². The van der Waals surface area contributed by atoms with Gasteiger partial charge in [-0.2, -0.15) is 0 Å². The van der Waals surface area contributed by atoms with Crippen molar-refractivity contribution in [2.75, 3.05) is 7.05 Å². The fraction of sp³-hybridized carbons (Fsp3) is 0.182. The van der Waals surface area contributed by atoms with Crippen molar-refractivity contribution >= 4 is 32.1 Å². The van der Waals surface area contributed by atoms with Crippen LogP contribution in [-0.2, 0) is 6.54 Å². The monoisotopic (exact) mass is 250 g/mol. The average molecular weight is 250 g/mol. The number of nitrogens with one attached hydrogen (secondary N) is 1. The maximum atomic E-state index is 5.65. The first-order chi connectivity index (χ1) is 7.86. The summed E-state index contributed by atoms with van der Waals surface area (Å²) in [6.45, 7) is 0.666. The Kier molecular flexibility index (Phi) is 2.51.